The van der Waals surface area contributed by atoms with E-state index in [4.69, 9.17) is 30.8 Å². The molecule has 1 fully saturated rings. The number of carbonyl (C=O) groups is 1. The molecule has 11 nitrogen and oxygen atoms in total. The van der Waals surface area contributed by atoms with Gasteiger partial charge in [-0.25, -0.2) is 4.79 Å². The van der Waals surface area contributed by atoms with Crippen molar-refractivity contribution in [2.24, 2.45) is 0 Å². The predicted octanol–water partition coefficient (Wildman–Crippen LogP) is 8.09. The maximum Gasteiger partial charge on any atom is 0.408 e. The minimum atomic E-state index is -4.46. The average Bonchev–Trinajstić information content (AvgIpc) is 3.95. The zero-order valence-electron chi connectivity index (χ0n) is 30.5. The Morgan fingerprint density at radius 1 is 1.05 bits per heavy atom. The van der Waals surface area contributed by atoms with Crippen LogP contribution in [0.1, 0.15) is 16.8 Å². The number of carboxylic acid groups (broad SMARTS) is 1. The van der Waals surface area contributed by atoms with Crippen molar-refractivity contribution < 1.29 is 37.3 Å². The van der Waals surface area contributed by atoms with Crippen LogP contribution in [0.4, 0.5) is 13.2 Å². The number of aromatic nitrogens is 4. The smallest absolute Gasteiger partial charge is 0.408 e. The maximum atomic E-state index is 13.1. The number of para-hydroxylation sites is 1. The van der Waals surface area contributed by atoms with E-state index < -0.39 is 24.8 Å². The third kappa shape index (κ3) is 9.10. The first-order valence-corrected chi connectivity index (χ1v) is 19.9. The Hall–Kier alpha value is -4.74. The van der Waals surface area contributed by atoms with E-state index in [2.05, 4.69) is 26.3 Å². The number of benzene rings is 2. The van der Waals surface area contributed by atoms with Crippen molar-refractivity contribution in [3.63, 3.8) is 0 Å². The standard InChI is InChI=1S/C39H38ClF3N6O5S2/c1-24-28(7-8-30(35(24)40)52-17-16-48-14-12-47(2)13-15-48)33-34-32(20-44-36(33)26-10-18-55-22-26)56-46-37(34)54-31(38(50)51)19-25-5-3-4-6-29(25)53-21-27-9-11-45-49(27)23-39(41,42)43/h3-11,18,20,22,31H,12-17,19,21,23H2,1-2H3,(H,50,51). The van der Waals surface area contributed by atoms with Crippen molar-refractivity contribution >= 4 is 50.5 Å². The fraction of sp³-hybridized carbons (Fsp3) is 0.333. The predicted molar refractivity (Wildman–Crippen MR) is 210 cm³/mol. The van der Waals surface area contributed by atoms with E-state index in [0.717, 1.165) is 65.6 Å². The number of ether oxygens (including phenoxy) is 3. The fourth-order valence-corrected chi connectivity index (χ4v) is 8.10. The molecule has 0 saturated carbocycles. The Morgan fingerprint density at radius 2 is 1.86 bits per heavy atom. The normalized spacial score (nSPS) is 14.6. The van der Waals surface area contributed by atoms with Crippen LogP contribution in [0.5, 0.6) is 17.4 Å². The second-order valence-electron chi connectivity index (χ2n) is 13.4. The molecule has 1 aliphatic rings. The number of halogens is 4. The molecule has 1 aliphatic heterocycles. The van der Waals surface area contributed by atoms with Crippen molar-refractivity contribution in [1.29, 1.82) is 0 Å². The van der Waals surface area contributed by atoms with Crippen molar-refractivity contribution in [3.8, 4) is 39.8 Å². The molecular formula is C39H38ClF3N6O5S2. The van der Waals surface area contributed by atoms with Crippen molar-refractivity contribution in [2.45, 2.75) is 38.8 Å². The fourth-order valence-electron chi connectivity index (χ4n) is 6.54. The van der Waals surface area contributed by atoms with Crippen LogP contribution in [0.15, 0.2) is 71.7 Å². The Kier molecular flexibility index (Phi) is 12.1. The molecule has 7 rings (SSSR count). The zero-order chi connectivity index (χ0) is 39.4. The van der Waals surface area contributed by atoms with Crippen molar-refractivity contribution in [3.05, 3.63) is 93.5 Å². The number of hydrogen-bond donors (Lipinski definition) is 1. The number of thiophene rings is 1. The lowest BCUT2D eigenvalue weighted by atomic mass is 9.94. The number of pyridine rings is 1. The maximum absolute atomic E-state index is 13.1. The van der Waals surface area contributed by atoms with Crippen LogP contribution < -0.4 is 14.2 Å². The lowest BCUT2D eigenvalue weighted by molar-refractivity contribution is -0.145. The van der Waals surface area contributed by atoms with Gasteiger partial charge >= 0.3 is 12.1 Å². The van der Waals surface area contributed by atoms with Gasteiger partial charge in [-0.1, -0.05) is 35.9 Å². The molecule has 1 saturated heterocycles. The zero-order valence-corrected chi connectivity index (χ0v) is 32.9. The van der Waals surface area contributed by atoms with Crippen LogP contribution in [0.3, 0.4) is 0 Å². The summed E-state index contributed by atoms with van der Waals surface area (Å²) < 4.78 is 63.7. The minimum Gasteiger partial charge on any atom is -0.491 e. The lowest BCUT2D eigenvalue weighted by Crippen LogP contribution is -2.45. The molecule has 6 aromatic rings. The number of aliphatic carboxylic acids is 1. The van der Waals surface area contributed by atoms with Gasteiger partial charge in [0.2, 0.25) is 12.0 Å². The van der Waals surface area contributed by atoms with E-state index >= 15 is 0 Å². The molecule has 294 valence electrons. The summed E-state index contributed by atoms with van der Waals surface area (Å²) in [5, 5.41) is 19.2. The SMILES string of the molecule is Cc1c(-c2c(-c3ccsc3)ncc3snc(OC(Cc4ccccc4OCc4ccnn4CC(F)(F)F)C(=O)O)c23)ccc(OCCN2CCN(C)CC2)c1Cl. The van der Waals surface area contributed by atoms with Gasteiger partial charge in [-0.2, -0.15) is 34.0 Å². The largest absolute Gasteiger partial charge is 0.491 e. The molecule has 0 bridgehead atoms. The van der Waals surface area contributed by atoms with E-state index in [-0.39, 0.29) is 24.6 Å². The van der Waals surface area contributed by atoms with Gasteiger partial charge in [-0.3, -0.25) is 14.6 Å². The molecule has 1 atom stereocenters. The van der Waals surface area contributed by atoms with Crippen LogP contribution in [-0.4, -0.2) is 98.7 Å². The van der Waals surface area contributed by atoms with Crippen molar-refractivity contribution in [2.75, 3.05) is 46.4 Å². The first-order chi connectivity index (χ1) is 26.9. The number of fused-ring (bicyclic) bond motifs is 1. The first-order valence-electron chi connectivity index (χ1n) is 17.8. The van der Waals surface area contributed by atoms with Gasteiger partial charge in [0.25, 0.3) is 0 Å². The summed E-state index contributed by atoms with van der Waals surface area (Å²) in [6.07, 6.45) is -3.03. The number of likely N-dealkylation sites (N-methyl/N-ethyl adjacent to an activating group) is 1. The quantitative estimate of drug-likeness (QED) is 0.109. The van der Waals surface area contributed by atoms with Crippen LogP contribution in [0, 0.1) is 6.92 Å². The Bertz CT molecular complexity index is 2290. The summed E-state index contributed by atoms with van der Waals surface area (Å²) in [5.41, 5.74) is 4.42. The molecule has 5 heterocycles. The highest BCUT2D eigenvalue weighted by Crippen LogP contribution is 2.46. The molecule has 56 heavy (non-hydrogen) atoms. The summed E-state index contributed by atoms with van der Waals surface area (Å²) in [7, 11) is 2.12. The van der Waals surface area contributed by atoms with Gasteiger partial charge in [0, 0.05) is 68.0 Å². The van der Waals surface area contributed by atoms with E-state index in [0.29, 0.717) is 50.0 Å². The highest BCUT2D eigenvalue weighted by Gasteiger charge is 2.30. The second kappa shape index (κ2) is 17.2. The van der Waals surface area contributed by atoms with Gasteiger partial charge in [0.1, 0.15) is 31.3 Å². The Labute approximate surface area is 334 Å². The van der Waals surface area contributed by atoms with Crippen molar-refractivity contribution in [1.82, 2.24) is 28.9 Å². The van der Waals surface area contributed by atoms with Gasteiger partial charge in [0.05, 0.1) is 26.5 Å². The summed E-state index contributed by atoms with van der Waals surface area (Å²) in [4.78, 5) is 22.3. The molecule has 17 heteroatoms. The number of carboxylic acids is 1. The molecule has 0 radical (unpaired) electrons. The highest BCUT2D eigenvalue weighted by molar-refractivity contribution is 7.13. The molecule has 1 unspecified atom stereocenters. The molecule has 0 spiro atoms. The highest BCUT2D eigenvalue weighted by atomic mass is 35.5. The van der Waals surface area contributed by atoms with Crippen LogP contribution in [0.25, 0.3) is 32.5 Å². The topological polar surface area (TPSA) is 115 Å². The van der Waals surface area contributed by atoms with Crippen LogP contribution in [-0.2, 0) is 24.4 Å². The second-order valence-corrected chi connectivity index (χ2v) is 15.4. The van der Waals surface area contributed by atoms with Crippen LogP contribution in [0.2, 0.25) is 5.02 Å². The third-order valence-corrected chi connectivity index (χ3v) is 11.5. The molecule has 1 N–H and O–H groups in total. The number of alkyl halides is 3. The summed E-state index contributed by atoms with van der Waals surface area (Å²) in [6.45, 7) is 5.71. The van der Waals surface area contributed by atoms with Gasteiger partial charge in [-0.15, -0.1) is 0 Å². The number of piperazine rings is 1. The molecule has 0 aliphatic carbocycles. The van der Waals surface area contributed by atoms with E-state index in [1.165, 1.54) is 23.6 Å². The van der Waals surface area contributed by atoms with Gasteiger partial charge < -0.3 is 24.2 Å². The third-order valence-electron chi connectivity index (χ3n) is 9.58. The van der Waals surface area contributed by atoms with E-state index in [1.807, 2.05) is 35.9 Å². The molecule has 4 aromatic heterocycles. The summed E-state index contributed by atoms with van der Waals surface area (Å²) >= 11 is 9.66. The van der Waals surface area contributed by atoms with Crippen LogP contribution >= 0.6 is 34.5 Å². The molecular weight excluding hydrogens is 789 g/mol. The summed E-state index contributed by atoms with van der Waals surface area (Å²) in [5.74, 6) is -0.263. The lowest BCUT2D eigenvalue weighted by Gasteiger charge is -2.32. The van der Waals surface area contributed by atoms with Gasteiger partial charge in [-0.05, 0) is 71.8 Å². The Morgan fingerprint density at radius 3 is 2.61 bits per heavy atom. The van der Waals surface area contributed by atoms with E-state index in [1.54, 1.807) is 30.5 Å². The monoisotopic (exact) mass is 826 g/mol. The minimum absolute atomic E-state index is 0.115. The number of rotatable bonds is 15. The van der Waals surface area contributed by atoms with Gasteiger partial charge in [0.15, 0.2) is 0 Å². The molecule has 2 aromatic carbocycles. The average molecular weight is 827 g/mol. The number of nitrogens with zero attached hydrogens (tertiary/aromatic N) is 6. The Balaban J connectivity index is 1.17. The summed E-state index contributed by atoms with van der Waals surface area (Å²) in [6, 6.07) is 13.9. The first kappa shape index (κ1) is 39.5. The number of hydrogen-bond acceptors (Lipinski definition) is 11. The molecule has 0 amide bonds. The van der Waals surface area contributed by atoms with E-state index in [9.17, 15) is 23.1 Å².